The Kier molecular flexibility index (Phi) is 3.40. The van der Waals surface area contributed by atoms with E-state index in [9.17, 15) is 0 Å². The Morgan fingerprint density at radius 2 is 1.83 bits per heavy atom. The first-order valence-electron chi connectivity index (χ1n) is 6.78. The summed E-state index contributed by atoms with van der Waals surface area (Å²) < 4.78 is 5.42. The van der Waals surface area contributed by atoms with Crippen molar-refractivity contribution in [2.24, 2.45) is 0 Å². The third kappa shape index (κ3) is 2.61. The van der Waals surface area contributed by atoms with Crippen LogP contribution in [0.15, 0.2) is 34.9 Å². The van der Waals surface area contributed by atoms with E-state index >= 15 is 0 Å². The number of benzene rings is 1. The van der Waals surface area contributed by atoms with Crippen molar-refractivity contribution in [1.29, 1.82) is 0 Å². The van der Waals surface area contributed by atoms with Gasteiger partial charge in [-0.25, -0.2) is 0 Å². The Morgan fingerprint density at radius 1 is 1.06 bits per heavy atom. The van der Waals surface area contributed by atoms with Crippen molar-refractivity contribution in [2.75, 3.05) is 0 Å². The number of hydrogen-bond donors (Lipinski definition) is 0. The lowest BCUT2D eigenvalue weighted by atomic mass is 9.89. The minimum atomic E-state index is 0.496. The first-order chi connectivity index (χ1) is 8.92. The topological polar surface area (TPSA) is 38.9 Å². The number of rotatable bonds is 3. The predicted octanol–water partition coefficient (Wildman–Crippen LogP) is 3.71. The molecule has 2 aromatic rings. The van der Waals surface area contributed by atoms with Crippen LogP contribution >= 0.6 is 0 Å². The van der Waals surface area contributed by atoms with Gasteiger partial charge in [-0.05, 0) is 18.4 Å². The largest absolute Gasteiger partial charge is 0.339 e. The zero-order chi connectivity index (χ0) is 12.2. The zero-order valence-corrected chi connectivity index (χ0v) is 10.5. The van der Waals surface area contributed by atoms with Crippen LogP contribution in [0.3, 0.4) is 0 Å². The molecular weight excluding hydrogens is 224 g/mol. The fourth-order valence-corrected chi connectivity index (χ4v) is 2.63. The summed E-state index contributed by atoms with van der Waals surface area (Å²) in [5.74, 6) is 2.15. The van der Waals surface area contributed by atoms with Crippen molar-refractivity contribution in [3.05, 3.63) is 47.6 Å². The first kappa shape index (κ1) is 11.5. The van der Waals surface area contributed by atoms with Crippen molar-refractivity contribution in [3.8, 4) is 0 Å². The van der Waals surface area contributed by atoms with Gasteiger partial charge in [0.15, 0.2) is 5.82 Å². The van der Waals surface area contributed by atoms with Gasteiger partial charge in [0.05, 0.1) is 0 Å². The highest BCUT2D eigenvalue weighted by Crippen LogP contribution is 2.31. The van der Waals surface area contributed by atoms with Crippen LogP contribution in [-0.4, -0.2) is 10.1 Å². The van der Waals surface area contributed by atoms with E-state index in [1.165, 1.54) is 37.7 Å². The summed E-state index contributed by atoms with van der Waals surface area (Å²) >= 11 is 0. The van der Waals surface area contributed by atoms with Gasteiger partial charge in [-0.15, -0.1) is 0 Å². The minimum Gasteiger partial charge on any atom is -0.339 e. The number of hydrogen-bond acceptors (Lipinski definition) is 3. The lowest BCUT2D eigenvalue weighted by Crippen LogP contribution is -2.04. The molecule has 1 fully saturated rings. The van der Waals surface area contributed by atoms with Crippen molar-refractivity contribution >= 4 is 0 Å². The van der Waals surface area contributed by atoms with Crippen molar-refractivity contribution in [3.63, 3.8) is 0 Å². The van der Waals surface area contributed by atoms with E-state index in [2.05, 4.69) is 22.3 Å². The molecule has 0 aliphatic heterocycles. The number of nitrogens with zero attached hydrogens (tertiary/aromatic N) is 2. The normalized spacial score (nSPS) is 16.9. The molecule has 0 spiro atoms. The molecular formula is C15H18N2O. The Morgan fingerprint density at radius 3 is 2.61 bits per heavy atom. The second-order valence-electron chi connectivity index (χ2n) is 5.05. The Labute approximate surface area is 107 Å². The van der Waals surface area contributed by atoms with E-state index in [0.717, 1.165) is 18.1 Å². The van der Waals surface area contributed by atoms with Gasteiger partial charge in [0.25, 0.3) is 0 Å². The van der Waals surface area contributed by atoms with Crippen LogP contribution in [0.4, 0.5) is 0 Å². The maximum Gasteiger partial charge on any atom is 0.229 e. The molecule has 0 bridgehead atoms. The van der Waals surface area contributed by atoms with Crippen LogP contribution in [0, 0.1) is 0 Å². The Hall–Kier alpha value is -1.64. The zero-order valence-electron chi connectivity index (χ0n) is 10.5. The highest BCUT2D eigenvalue weighted by molar-refractivity contribution is 5.18. The molecule has 3 heteroatoms. The van der Waals surface area contributed by atoms with Gasteiger partial charge >= 0.3 is 0 Å². The molecule has 0 saturated heterocycles. The third-order valence-corrected chi connectivity index (χ3v) is 3.64. The molecule has 1 aliphatic rings. The molecule has 1 aliphatic carbocycles. The van der Waals surface area contributed by atoms with Crippen LogP contribution in [0.5, 0.6) is 0 Å². The van der Waals surface area contributed by atoms with Gasteiger partial charge in [-0.2, -0.15) is 4.98 Å². The van der Waals surface area contributed by atoms with Gasteiger partial charge in [-0.3, -0.25) is 0 Å². The second kappa shape index (κ2) is 5.34. The number of aromatic nitrogens is 2. The summed E-state index contributed by atoms with van der Waals surface area (Å²) in [6.45, 7) is 0. The standard InChI is InChI=1S/C15H18N2O/c1-3-7-12(8-4-1)11-14-16-15(18-17-14)13-9-5-2-6-10-13/h1,3-4,7-8,13H,2,5-6,9-11H2. The molecule has 18 heavy (non-hydrogen) atoms. The minimum absolute atomic E-state index is 0.496. The van der Waals surface area contributed by atoms with Crippen LogP contribution in [-0.2, 0) is 6.42 Å². The van der Waals surface area contributed by atoms with Gasteiger partial charge in [-0.1, -0.05) is 54.8 Å². The molecule has 1 aromatic heterocycles. The quantitative estimate of drug-likeness (QED) is 0.823. The van der Waals surface area contributed by atoms with E-state index in [4.69, 9.17) is 4.52 Å². The maximum absolute atomic E-state index is 5.42. The predicted molar refractivity (Wildman–Crippen MR) is 69.4 cm³/mol. The van der Waals surface area contributed by atoms with E-state index in [-0.39, 0.29) is 0 Å². The summed E-state index contributed by atoms with van der Waals surface area (Å²) in [5, 5.41) is 4.10. The van der Waals surface area contributed by atoms with Crippen LogP contribution < -0.4 is 0 Å². The summed E-state index contributed by atoms with van der Waals surface area (Å²) in [5.41, 5.74) is 1.23. The van der Waals surface area contributed by atoms with Crippen LogP contribution in [0.1, 0.15) is 55.3 Å². The molecule has 0 N–H and O–H groups in total. The SMILES string of the molecule is c1ccc(Cc2noc(C3CCCCC3)n2)cc1. The summed E-state index contributed by atoms with van der Waals surface area (Å²) in [7, 11) is 0. The molecule has 3 rings (SSSR count). The average Bonchev–Trinajstić information content (AvgIpc) is 2.89. The van der Waals surface area contributed by atoms with Crippen molar-refractivity contribution in [1.82, 2.24) is 10.1 Å². The third-order valence-electron chi connectivity index (χ3n) is 3.64. The first-order valence-corrected chi connectivity index (χ1v) is 6.78. The summed E-state index contributed by atoms with van der Waals surface area (Å²) in [6, 6.07) is 10.3. The van der Waals surface area contributed by atoms with Gasteiger partial charge in [0, 0.05) is 12.3 Å². The lowest BCUT2D eigenvalue weighted by molar-refractivity contribution is 0.312. The van der Waals surface area contributed by atoms with E-state index in [1.807, 2.05) is 18.2 Å². The van der Waals surface area contributed by atoms with Crippen LogP contribution in [0.25, 0.3) is 0 Å². The molecule has 1 saturated carbocycles. The van der Waals surface area contributed by atoms with Gasteiger partial charge in [0.2, 0.25) is 5.89 Å². The van der Waals surface area contributed by atoms with E-state index < -0.39 is 0 Å². The van der Waals surface area contributed by atoms with Gasteiger partial charge in [0.1, 0.15) is 0 Å². The van der Waals surface area contributed by atoms with Crippen molar-refractivity contribution in [2.45, 2.75) is 44.4 Å². The molecule has 0 atom stereocenters. The van der Waals surface area contributed by atoms with Crippen molar-refractivity contribution < 1.29 is 4.52 Å². The molecule has 3 nitrogen and oxygen atoms in total. The smallest absolute Gasteiger partial charge is 0.229 e. The lowest BCUT2D eigenvalue weighted by Gasteiger charge is -2.17. The molecule has 1 aromatic carbocycles. The van der Waals surface area contributed by atoms with Gasteiger partial charge < -0.3 is 4.52 Å². The molecule has 0 unspecified atom stereocenters. The maximum atomic E-state index is 5.42. The monoisotopic (exact) mass is 242 g/mol. The summed E-state index contributed by atoms with van der Waals surface area (Å²) in [6.07, 6.45) is 7.10. The Bertz CT molecular complexity index is 486. The molecule has 0 radical (unpaired) electrons. The average molecular weight is 242 g/mol. The molecule has 94 valence electrons. The van der Waals surface area contributed by atoms with Crippen LogP contribution in [0.2, 0.25) is 0 Å². The highest BCUT2D eigenvalue weighted by Gasteiger charge is 2.21. The van der Waals surface area contributed by atoms with E-state index in [0.29, 0.717) is 5.92 Å². The molecule has 0 amide bonds. The molecule has 1 heterocycles. The van der Waals surface area contributed by atoms with E-state index in [1.54, 1.807) is 0 Å². The Balaban J connectivity index is 1.69. The highest BCUT2D eigenvalue weighted by atomic mass is 16.5. The second-order valence-corrected chi connectivity index (χ2v) is 5.05. The summed E-state index contributed by atoms with van der Waals surface area (Å²) in [4.78, 5) is 4.55. The fraction of sp³-hybridized carbons (Fsp3) is 0.467. The fourth-order valence-electron chi connectivity index (χ4n) is 2.63.